The number of aliphatic hydroxyl groups is 3. The molecule has 0 spiro atoms. The number of anilines is 1. The zero-order chi connectivity index (χ0) is 29.7. The van der Waals surface area contributed by atoms with Crippen molar-refractivity contribution >= 4 is 28.9 Å². The van der Waals surface area contributed by atoms with Gasteiger partial charge in [-0.25, -0.2) is 0 Å². The smallest absolute Gasteiger partial charge is 0.255 e. The van der Waals surface area contributed by atoms with Crippen molar-refractivity contribution in [3.8, 4) is 5.75 Å². The summed E-state index contributed by atoms with van der Waals surface area (Å²) in [6, 6.07) is 2.41. The lowest BCUT2D eigenvalue weighted by molar-refractivity contribution is -0.151. The van der Waals surface area contributed by atoms with Crippen LogP contribution in [-0.4, -0.2) is 85.7 Å². The molecule has 2 fully saturated rings. The van der Waals surface area contributed by atoms with Crippen LogP contribution in [0.15, 0.2) is 23.0 Å². The minimum absolute atomic E-state index is 0.00345. The number of ketones is 2. The quantitative estimate of drug-likeness (QED) is 0.246. The SMILES string of the molecule is CC1CCC(C)N1Cc1cc(N(C)C)c2c(c1O)C(O)=C1C(=O)[C@]3(O)C(O)=C(C(N)=O)C(=O)C[C@]3(N)C[C@]1(N)C2. The van der Waals surface area contributed by atoms with Gasteiger partial charge in [-0.15, -0.1) is 0 Å². The zero-order valence-electron chi connectivity index (χ0n) is 23.1. The second kappa shape index (κ2) is 8.77. The van der Waals surface area contributed by atoms with Gasteiger partial charge in [0.15, 0.2) is 11.5 Å². The van der Waals surface area contributed by atoms with E-state index in [9.17, 15) is 34.8 Å². The topological polar surface area (TPSA) is 217 Å². The predicted octanol–water partition coefficient (Wildman–Crippen LogP) is 0.0253. The Kier molecular flexibility index (Phi) is 6.16. The standard InChI is InChI=1S/C28H37N5O7/c1-12-5-6-13(2)33(12)10-14-7-16(32(3)4)15-8-26(30)11-27(31)9-17(34)19(25(29)39)23(37)28(27,40)24(38)20(26)22(36)18(15)21(14)35/h7,12-13,35-37,40H,5-6,8-11,30-31H2,1-4H3,(H2,29,39)/t12?,13?,26-,27+,28-/m1/s1. The van der Waals surface area contributed by atoms with Gasteiger partial charge in [-0.05, 0) is 51.2 Å². The molecule has 1 saturated heterocycles. The van der Waals surface area contributed by atoms with Crippen molar-refractivity contribution < 1.29 is 34.8 Å². The molecule has 10 N–H and O–H groups in total. The fourth-order valence-corrected chi connectivity index (χ4v) is 7.29. The number of phenols is 1. The third kappa shape index (κ3) is 3.56. The van der Waals surface area contributed by atoms with Crippen molar-refractivity contribution in [3.05, 3.63) is 39.7 Å². The van der Waals surface area contributed by atoms with Gasteiger partial charge in [-0.2, -0.15) is 0 Å². The van der Waals surface area contributed by atoms with Gasteiger partial charge in [0.1, 0.15) is 17.1 Å². The highest BCUT2D eigenvalue weighted by Crippen LogP contribution is 2.55. The number of hydrogen-bond acceptors (Lipinski definition) is 11. The molecule has 1 aliphatic heterocycles. The second-order valence-electron chi connectivity index (χ2n) is 12.2. The molecule has 0 aromatic heterocycles. The van der Waals surface area contributed by atoms with E-state index in [1.54, 1.807) is 14.1 Å². The van der Waals surface area contributed by atoms with Gasteiger partial charge in [0.25, 0.3) is 5.91 Å². The van der Waals surface area contributed by atoms with Crippen molar-refractivity contribution in [3.63, 3.8) is 0 Å². The van der Waals surface area contributed by atoms with E-state index in [1.807, 2.05) is 11.0 Å². The van der Waals surface area contributed by atoms with Crippen LogP contribution in [0.4, 0.5) is 5.69 Å². The van der Waals surface area contributed by atoms with E-state index in [1.165, 1.54) is 0 Å². The number of fused-ring (bicyclic) bond motifs is 3. The molecule has 216 valence electrons. The van der Waals surface area contributed by atoms with Gasteiger partial charge in [0.05, 0.1) is 22.2 Å². The Hall–Kier alpha value is -3.45. The number of carbonyl (C=O) groups is 3. The van der Waals surface area contributed by atoms with Gasteiger partial charge >= 0.3 is 0 Å². The van der Waals surface area contributed by atoms with Crippen LogP contribution in [0.2, 0.25) is 0 Å². The number of phenolic OH excluding ortho intramolecular Hbond substituents is 1. The second-order valence-corrected chi connectivity index (χ2v) is 12.2. The minimum Gasteiger partial charge on any atom is -0.508 e. The van der Waals surface area contributed by atoms with E-state index in [4.69, 9.17) is 17.2 Å². The maximum atomic E-state index is 14.0. The zero-order valence-corrected chi connectivity index (χ0v) is 23.1. The Labute approximate surface area is 231 Å². The van der Waals surface area contributed by atoms with Crippen LogP contribution in [0.3, 0.4) is 0 Å². The van der Waals surface area contributed by atoms with Crippen molar-refractivity contribution in [1.82, 2.24) is 4.90 Å². The molecule has 12 nitrogen and oxygen atoms in total. The lowest BCUT2D eigenvalue weighted by atomic mass is 9.53. The van der Waals surface area contributed by atoms with E-state index in [-0.39, 0.29) is 29.8 Å². The van der Waals surface area contributed by atoms with E-state index in [2.05, 4.69) is 18.7 Å². The first-order valence-corrected chi connectivity index (χ1v) is 13.3. The summed E-state index contributed by atoms with van der Waals surface area (Å²) in [5, 5.41) is 45.7. The van der Waals surface area contributed by atoms with Crippen LogP contribution in [0.25, 0.3) is 5.76 Å². The number of aliphatic hydroxyl groups excluding tert-OH is 2. The van der Waals surface area contributed by atoms with Gasteiger partial charge < -0.3 is 42.5 Å². The number of hydrogen-bond donors (Lipinski definition) is 7. The molecule has 0 radical (unpaired) electrons. The molecule has 3 aliphatic carbocycles. The monoisotopic (exact) mass is 555 g/mol. The molecule has 5 rings (SSSR count). The molecule has 2 unspecified atom stereocenters. The van der Waals surface area contributed by atoms with Gasteiger partial charge in [0, 0.05) is 50.4 Å². The number of carbonyl (C=O) groups excluding carboxylic acids is 3. The summed E-state index contributed by atoms with van der Waals surface area (Å²) in [5.74, 6) is -5.65. The number of nitrogens with two attached hydrogens (primary N) is 3. The van der Waals surface area contributed by atoms with Crippen molar-refractivity contribution in [1.29, 1.82) is 0 Å². The normalized spacial score (nSPS) is 34.1. The summed E-state index contributed by atoms with van der Waals surface area (Å²) in [7, 11) is 3.61. The molecule has 12 heteroatoms. The lowest BCUT2D eigenvalue weighted by Crippen LogP contribution is -2.77. The van der Waals surface area contributed by atoms with Gasteiger partial charge in [0.2, 0.25) is 11.4 Å². The molecule has 40 heavy (non-hydrogen) atoms. The number of rotatable bonds is 4. The number of Topliss-reactive ketones (excluding diaryl/α,β-unsaturated/α-hetero) is 2. The molecule has 1 saturated carbocycles. The van der Waals surface area contributed by atoms with Gasteiger partial charge in [-0.1, -0.05) is 0 Å². The third-order valence-corrected chi connectivity index (χ3v) is 9.38. The summed E-state index contributed by atoms with van der Waals surface area (Å²) in [6.45, 7) is 4.63. The highest BCUT2D eigenvalue weighted by atomic mass is 16.4. The third-order valence-electron chi connectivity index (χ3n) is 9.38. The molecular formula is C28H37N5O7. The molecule has 5 atom stereocenters. The van der Waals surface area contributed by atoms with Crippen LogP contribution < -0.4 is 22.1 Å². The summed E-state index contributed by atoms with van der Waals surface area (Å²) in [6.07, 6.45) is 0.870. The highest BCUT2D eigenvalue weighted by Gasteiger charge is 2.70. The summed E-state index contributed by atoms with van der Waals surface area (Å²) >= 11 is 0. The predicted molar refractivity (Wildman–Crippen MR) is 146 cm³/mol. The Bertz CT molecular complexity index is 1420. The van der Waals surface area contributed by atoms with Crippen LogP contribution in [-0.2, 0) is 27.3 Å². The summed E-state index contributed by atoms with van der Waals surface area (Å²) in [4.78, 5) is 42.8. The van der Waals surface area contributed by atoms with Crippen molar-refractivity contribution in [2.24, 2.45) is 17.2 Å². The van der Waals surface area contributed by atoms with E-state index in [0.29, 0.717) is 23.4 Å². The first-order chi connectivity index (χ1) is 18.5. The molecule has 1 heterocycles. The van der Waals surface area contributed by atoms with Crippen molar-refractivity contribution in [2.75, 3.05) is 19.0 Å². The van der Waals surface area contributed by atoms with Crippen LogP contribution in [0.1, 0.15) is 56.2 Å². The maximum absolute atomic E-state index is 14.0. The number of likely N-dealkylation sites (tertiary alicyclic amines) is 1. The number of primary amides is 1. The molecule has 4 aliphatic rings. The van der Waals surface area contributed by atoms with E-state index < -0.39 is 69.7 Å². The number of benzene rings is 1. The number of aromatic hydroxyl groups is 1. The Balaban J connectivity index is 1.74. The van der Waals surface area contributed by atoms with Crippen LogP contribution >= 0.6 is 0 Å². The fraction of sp³-hybridized carbons (Fsp3) is 0.536. The highest BCUT2D eigenvalue weighted by molar-refractivity contribution is 6.24. The number of amides is 1. The Morgan fingerprint density at radius 1 is 1.10 bits per heavy atom. The molecule has 1 aromatic carbocycles. The van der Waals surface area contributed by atoms with Crippen LogP contribution in [0.5, 0.6) is 5.75 Å². The van der Waals surface area contributed by atoms with Crippen molar-refractivity contribution in [2.45, 2.75) is 81.3 Å². The first-order valence-electron chi connectivity index (χ1n) is 13.3. The number of nitrogens with zero attached hydrogens (tertiary/aromatic N) is 2. The van der Waals surface area contributed by atoms with Crippen LogP contribution in [0, 0.1) is 0 Å². The fourth-order valence-electron chi connectivity index (χ4n) is 7.29. The molecule has 1 aromatic rings. The van der Waals surface area contributed by atoms with E-state index in [0.717, 1.165) is 12.8 Å². The summed E-state index contributed by atoms with van der Waals surface area (Å²) in [5.41, 5.74) is 12.1. The average molecular weight is 556 g/mol. The first kappa shape index (κ1) is 28.1. The Morgan fingerprint density at radius 3 is 2.25 bits per heavy atom. The van der Waals surface area contributed by atoms with Gasteiger partial charge in [-0.3, -0.25) is 19.3 Å². The molecular weight excluding hydrogens is 518 g/mol. The minimum atomic E-state index is -2.95. The van der Waals surface area contributed by atoms with E-state index >= 15 is 0 Å². The average Bonchev–Trinajstić information content (AvgIpc) is 3.14. The molecule has 0 bridgehead atoms. The maximum Gasteiger partial charge on any atom is 0.255 e. The largest absolute Gasteiger partial charge is 0.508 e. The Morgan fingerprint density at radius 2 is 1.70 bits per heavy atom. The lowest BCUT2D eigenvalue weighted by Gasteiger charge is -2.55. The molecule has 1 amide bonds. The summed E-state index contributed by atoms with van der Waals surface area (Å²) < 4.78 is 0.